The highest BCUT2D eigenvalue weighted by molar-refractivity contribution is 5.88. The maximum atomic E-state index is 13.7. The lowest BCUT2D eigenvalue weighted by Crippen LogP contribution is -2.51. The zero-order chi connectivity index (χ0) is 26.6. The molecule has 3 rings (SSSR count). The van der Waals surface area contributed by atoms with Gasteiger partial charge < -0.3 is 24.4 Å². The second-order valence-electron chi connectivity index (χ2n) is 8.78. The molecule has 7 nitrogen and oxygen atoms in total. The van der Waals surface area contributed by atoms with Crippen LogP contribution in [0, 0.1) is 6.92 Å². The minimum absolute atomic E-state index is 0.185. The predicted molar refractivity (Wildman–Crippen MR) is 144 cm³/mol. The first-order valence-electron chi connectivity index (χ1n) is 12.5. The van der Waals surface area contributed by atoms with Crippen LogP contribution in [0.3, 0.4) is 0 Å². The van der Waals surface area contributed by atoms with Crippen molar-refractivity contribution in [2.75, 3.05) is 27.4 Å². The molecule has 0 aliphatic rings. The van der Waals surface area contributed by atoms with Crippen molar-refractivity contribution in [1.29, 1.82) is 0 Å². The third kappa shape index (κ3) is 8.00. The number of nitrogens with one attached hydrogen (secondary N) is 1. The topological polar surface area (TPSA) is 77.1 Å². The van der Waals surface area contributed by atoms with Gasteiger partial charge in [0.1, 0.15) is 23.3 Å². The molecule has 0 spiro atoms. The highest BCUT2D eigenvalue weighted by Gasteiger charge is 2.30. The van der Waals surface area contributed by atoms with Gasteiger partial charge in [0.15, 0.2) is 6.61 Å². The Morgan fingerprint density at radius 1 is 0.892 bits per heavy atom. The Morgan fingerprint density at radius 3 is 2.14 bits per heavy atom. The zero-order valence-corrected chi connectivity index (χ0v) is 22.0. The Morgan fingerprint density at radius 2 is 1.51 bits per heavy atom. The molecule has 3 aromatic carbocycles. The number of hydrogen-bond acceptors (Lipinski definition) is 5. The van der Waals surface area contributed by atoms with Gasteiger partial charge in [-0.05, 0) is 30.0 Å². The zero-order valence-electron chi connectivity index (χ0n) is 22.0. The van der Waals surface area contributed by atoms with Gasteiger partial charge in [0.05, 0.1) is 14.2 Å². The molecule has 196 valence electrons. The SMILES string of the molecule is CCCNC(=O)C(Cc1ccccc1)N(Cc1ccccc1C)C(=O)COc1cc(OC)cc(OC)c1. The summed E-state index contributed by atoms with van der Waals surface area (Å²) in [5.74, 6) is 1.07. The van der Waals surface area contributed by atoms with Crippen molar-refractivity contribution >= 4 is 11.8 Å². The van der Waals surface area contributed by atoms with E-state index in [0.717, 1.165) is 23.1 Å². The molecule has 7 heteroatoms. The summed E-state index contributed by atoms with van der Waals surface area (Å²) in [6.07, 6.45) is 1.19. The lowest BCUT2D eigenvalue weighted by atomic mass is 10.0. The largest absolute Gasteiger partial charge is 0.496 e. The van der Waals surface area contributed by atoms with Gasteiger partial charge in [0.2, 0.25) is 5.91 Å². The quantitative estimate of drug-likeness (QED) is 0.369. The number of aryl methyl sites for hydroxylation is 1. The third-order valence-electron chi connectivity index (χ3n) is 6.11. The fraction of sp³-hybridized carbons (Fsp3) is 0.333. The molecule has 2 amide bonds. The van der Waals surface area contributed by atoms with E-state index in [9.17, 15) is 9.59 Å². The Bertz CT molecular complexity index is 1140. The van der Waals surface area contributed by atoms with Crippen molar-refractivity contribution in [3.63, 3.8) is 0 Å². The average Bonchev–Trinajstić information content (AvgIpc) is 2.93. The van der Waals surface area contributed by atoms with E-state index in [1.165, 1.54) is 0 Å². The maximum Gasteiger partial charge on any atom is 0.261 e. The molecule has 1 N–H and O–H groups in total. The number of benzene rings is 3. The molecule has 3 aromatic rings. The average molecular weight is 505 g/mol. The highest BCUT2D eigenvalue weighted by atomic mass is 16.5. The van der Waals surface area contributed by atoms with Gasteiger partial charge in [0.25, 0.3) is 5.91 Å². The second kappa shape index (κ2) is 13.9. The summed E-state index contributed by atoms with van der Waals surface area (Å²) >= 11 is 0. The Balaban J connectivity index is 1.91. The fourth-order valence-corrected chi connectivity index (χ4v) is 3.98. The van der Waals surface area contributed by atoms with E-state index in [0.29, 0.717) is 30.2 Å². The summed E-state index contributed by atoms with van der Waals surface area (Å²) in [5, 5.41) is 2.99. The molecule has 0 saturated heterocycles. The summed E-state index contributed by atoms with van der Waals surface area (Å²) in [7, 11) is 3.10. The summed E-state index contributed by atoms with van der Waals surface area (Å²) in [5.41, 5.74) is 2.99. The van der Waals surface area contributed by atoms with E-state index < -0.39 is 6.04 Å². The monoisotopic (exact) mass is 504 g/mol. The van der Waals surface area contributed by atoms with Crippen LogP contribution in [0.5, 0.6) is 17.2 Å². The smallest absolute Gasteiger partial charge is 0.261 e. The number of carbonyl (C=O) groups excluding carboxylic acids is 2. The molecule has 0 heterocycles. The van der Waals surface area contributed by atoms with Gasteiger partial charge in [-0.25, -0.2) is 0 Å². The Labute approximate surface area is 219 Å². The van der Waals surface area contributed by atoms with Crippen molar-refractivity contribution in [1.82, 2.24) is 10.2 Å². The van der Waals surface area contributed by atoms with Crippen molar-refractivity contribution in [3.8, 4) is 17.2 Å². The van der Waals surface area contributed by atoms with Crippen LogP contribution < -0.4 is 19.5 Å². The molecule has 0 radical (unpaired) electrons. The molecular formula is C30H36N2O5. The second-order valence-corrected chi connectivity index (χ2v) is 8.78. The van der Waals surface area contributed by atoms with Gasteiger partial charge in [-0.3, -0.25) is 9.59 Å². The summed E-state index contributed by atoms with van der Waals surface area (Å²) in [6, 6.07) is 22.0. The molecule has 37 heavy (non-hydrogen) atoms. The lowest BCUT2D eigenvalue weighted by Gasteiger charge is -2.32. The van der Waals surface area contributed by atoms with Crippen LogP contribution in [0.15, 0.2) is 72.8 Å². The number of hydrogen-bond donors (Lipinski definition) is 1. The summed E-state index contributed by atoms with van der Waals surface area (Å²) < 4.78 is 16.5. The van der Waals surface area contributed by atoms with Crippen LogP contribution >= 0.6 is 0 Å². The molecule has 0 saturated carbocycles. The predicted octanol–water partition coefficient (Wildman–Crippen LogP) is 4.56. The standard InChI is InChI=1S/C30H36N2O5/c1-5-15-31-30(34)28(16-23-12-7-6-8-13-23)32(20-24-14-10-9-11-22(24)2)29(33)21-37-27-18-25(35-3)17-26(19-27)36-4/h6-14,17-19,28H,5,15-16,20-21H2,1-4H3,(H,31,34). The van der Waals surface area contributed by atoms with E-state index in [2.05, 4.69) is 5.32 Å². The minimum Gasteiger partial charge on any atom is -0.496 e. The van der Waals surface area contributed by atoms with Crippen molar-refractivity contribution < 1.29 is 23.8 Å². The third-order valence-corrected chi connectivity index (χ3v) is 6.11. The molecule has 0 aromatic heterocycles. The molecular weight excluding hydrogens is 468 g/mol. The van der Waals surface area contributed by atoms with Gasteiger partial charge in [0, 0.05) is 37.7 Å². The first-order valence-corrected chi connectivity index (χ1v) is 12.5. The number of rotatable bonds is 13. The van der Waals surface area contributed by atoms with Crippen LogP contribution in [0.2, 0.25) is 0 Å². The van der Waals surface area contributed by atoms with Crippen LogP contribution in [0.4, 0.5) is 0 Å². The first-order chi connectivity index (χ1) is 17.9. The van der Waals surface area contributed by atoms with E-state index in [-0.39, 0.29) is 25.0 Å². The number of nitrogens with zero attached hydrogens (tertiary/aromatic N) is 1. The molecule has 0 fully saturated rings. The van der Waals surface area contributed by atoms with E-state index in [1.807, 2.05) is 68.4 Å². The van der Waals surface area contributed by atoms with Crippen LogP contribution in [0.1, 0.15) is 30.0 Å². The van der Waals surface area contributed by atoms with Crippen molar-refractivity contribution in [2.45, 2.75) is 39.3 Å². The molecule has 0 bridgehead atoms. The molecule has 1 atom stereocenters. The van der Waals surface area contributed by atoms with Gasteiger partial charge in [-0.2, -0.15) is 0 Å². The Kier molecular flexibility index (Phi) is 10.4. The van der Waals surface area contributed by atoms with Gasteiger partial charge >= 0.3 is 0 Å². The fourth-order valence-electron chi connectivity index (χ4n) is 3.98. The van der Waals surface area contributed by atoms with Crippen molar-refractivity contribution in [3.05, 3.63) is 89.5 Å². The number of ether oxygens (including phenoxy) is 3. The summed E-state index contributed by atoms with van der Waals surface area (Å²) in [4.78, 5) is 28.7. The van der Waals surface area contributed by atoms with E-state index in [1.54, 1.807) is 37.3 Å². The lowest BCUT2D eigenvalue weighted by molar-refractivity contribution is -0.142. The van der Waals surface area contributed by atoms with Gasteiger partial charge in [-0.1, -0.05) is 61.5 Å². The number of methoxy groups -OCH3 is 2. The Hall–Kier alpha value is -4.00. The molecule has 0 aliphatic heterocycles. The maximum absolute atomic E-state index is 13.7. The van der Waals surface area contributed by atoms with Crippen LogP contribution in [0.25, 0.3) is 0 Å². The van der Waals surface area contributed by atoms with Crippen molar-refractivity contribution in [2.24, 2.45) is 0 Å². The molecule has 0 aliphatic carbocycles. The normalized spacial score (nSPS) is 11.4. The van der Waals surface area contributed by atoms with E-state index >= 15 is 0 Å². The number of amides is 2. The van der Waals surface area contributed by atoms with E-state index in [4.69, 9.17) is 14.2 Å². The minimum atomic E-state index is -0.704. The van der Waals surface area contributed by atoms with Gasteiger partial charge in [-0.15, -0.1) is 0 Å². The highest BCUT2D eigenvalue weighted by Crippen LogP contribution is 2.27. The van der Waals surface area contributed by atoms with Crippen LogP contribution in [-0.2, 0) is 22.6 Å². The summed E-state index contributed by atoms with van der Waals surface area (Å²) in [6.45, 7) is 4.58. The van der Waals surface area contributed by atoms with Crippen LogP contribution in [-0.4, -0.2) is 50.1 Å². The number of carbonyl (C=O) groups is 2. The molecule has 1 unspecified atom stereocenters. The first kappa shape index (κ1) is 27.6.